The summed E-state index contributed by atoms with van der Waals surface area (Å²) >= 11 is 0. The molecule has 2 aliphatic rings. The Hall–Kier alpha value is -1.72. The fraction of sp³-hybridized carbons (Fsp3) is 0.333. The first-order valence-corrected chi connectivity index (χ1v) is 3.51. The Morgan fingerprint density at radius 3 is 3.25 bits per heavy atom. The van der Waals surface area contributed by atoms with Crippen molar-refractivity contribution in [1.82, 2.24) is 15.1 Å². The molecule has 0 spiro atoms. The average molecular weight is 167 g/mol. The number of carbonyl (C=O) groups is 1. The summed E-state index contributed by atoms with van der Waals surface area (Å²) in [4.78, 5) is 18.5. The summed E-state index contributed by atoms with van der Waals surface area (Å²) in [6.45, 7) is 0.526. The Labute approximate surface area is 69.3 Å². The normalized spacial score (nSPS) is 21.6. The van der Waals surface area contributed by atoms with E-state index in [1.54, 1.807) is 6.20 Å². The van der Waals surface area contributed by atoms with Crippen LogP contribution in [0.4, 0.5) is 4.79 Å². The number of nitrogens with one attached hydrogen (secondary N) is 1. The molecular weight excluding hydrogens is 158 g/mol. The minimum Gasteiger partial charge on any atom is -0.369 e. The number of guanidine groups is 1. The lowest BCUT2D eigenvalue weighted by Crippen LogP contribution is -2.49. The van der Waals surface area contributed by atoms with Crippen LogP contribution in [0.5, 0.6) is 0 Å². The van der Waals surface area contributed by atoms with E-state index >= 15 is 0 Å². The van der Waals surface area contributed by atoms with Gasteiger partial charge in [-0.05, 0) is 0 Å². The lowest BCUT2D eigenvalue weighted by atomic mass is 10.6. The van der Waals surface area contributed by atoms with E-state index in [9.17, 15) is 4.79 Å². The van der Waals surface area contributed by atoms with E-state index in [1.165, 1.54) is 4.90 Å². The number of hydrogen-bond donors (Lipinski definition) is 2. The second kappa shape index (κ2) is 2.13. The molecule has 2 amide bonds. The summed E-state index contributed by atoms with van der Waals surface area (Å²) in [6.07, 6.45) is 1.77. The fourth-order valence-electron chi connectivity index (χ4n) is 1.19. The van der Waals surface area contributed by atoms with Crippen molar-refractivity contribution < 1.29 is 4.79 Å². The van der Waals surface area contributed by atoms with Gasteiger partial charge in [0.25, 0.3) is 0 Å². The zero-order valence-corrected chi connectivity index (χ0v) is 6.61. The maximum Gasteiger partial charge on any atom is 0.331 e. The molecule has 0 atom stereocenters. The highest BCUT2D eigenvalue weighted by Gasteiger charge is 2.28. The molecule has 2 heterocycles. The molecule has 2 rings (SSSR count). The molecule has 0 radical (unpaired) electrons. The number of nitrogens with zero attached hydrogens (tertiary/aromatic N) is 3. The Balaban J connectivity index is 2.35. The number of fused-ring (bicyclic) bond motifs is 1. The van der Waals surface area contributed by atoms with Gasteiger partial charge < -0.3 is 10.6 Å². The highest BCUT2D eigenvalue weighted by Crippen LogP contribution is 2.17. The van der Waals surface area contributed by atoms with Gasteiger partial charge in [0.1, 0.15) is 6.67 Å². The van der Waals surface area contributed by atoms with Crippen LogP contribution in [-0.2, 0) is 0 Å². The molecule has 0 fully saturated rings. The molecule has 12 heavy (non-hydrogen) atoms. The van der Waals surface area contributed by atoms with Crippen molar-refractivity contribution in [3.05, 3.63) is 12.0 Å². The van der Waals surface area contributed by atoms with Gasteiger partial charge in [-0.25, -0.2) is 4.79 Å². The molecule has 0 saturated heterocycles. The molecule has 2 aliphatic heterocycles. The summed E-state index contributed by atoms with van der Waals surface area (Å²) < 4.78 is 0. The summed E-state index contributed by atoms with van der Waals surface area (Å²) in [5.41, 5.74) is 5.36. The second-order valence-electron chi connectivity index (χ2n) is 2.74. The van der Waals surface area contributed by atoms with E-state index in [0.717, 1.165) is 0 Å². The number of urea groups is 1. The zero-order chi connectivity index (χ0) is 8.72. The molecule has 6 nitrogen and oxygen atoms in total. The maximum atomic E-state index is 11.2. The number of aliphatic imine (C=N–C) groups is 1. The van der Waals surface area contributed by atoms with Gasteiger partial charge in [0.2, 0.25) is 5.96 Å². The number of carbonyl (C=O) groups excluding carboxylic acids is 1. The van der Waals surface area contributed by atoms with E-state index in [0.29, 0.717) is 12.5 Å². The van der Waals surface area contributed by atoms with Crippen molar-refractivity contribution in [2.24, 2.45) is 10.7 Å². The molecule has 0 bridgehead atoms. The van der Waals surface area contributed by atoms with Crippen LogP contribution in [0.25, 0.3) is 0 Å². The third-order valence-electron chi connectivity index (χ3n) is 1.69. The van der Waals surface area contributed by atoms with E-state index in [1.807, 2.05) is 11.9 Å². The van der Waals surface area contributed by atoms with E-state index < -0.39 is 0 Å². The monoisotopic (exact) mass is 167 g/mol. The Kier molecular flexibility index (Phi) is 1.24. The molecule has 3 N–H and O–H groups in total. The van der Waals surface area contributed by atoms with Gasteiger partial charge in [-0.2, -0.15) is 4.99 Å². The van der Waals surface area contributed by atoms with E-state index in [-0.39, 0.29) is 12.0 Å². The van der Waals surface area contributed by atoms with Gasteiger partial charge in [-0.1, -0.05) is 0 Å². The lowest BCUT2D eigenvalue weighted by molar-refractivity contribution is 0.206. The van der Waals surface area contributed by atoms with Crippen molar-refractivity contribution in [3.63, 3.8) is 0 Å². The molecule has 64 valence electrons. The number of amides is 2. The van der Waals surface area contributed by atoms with Crippen molar-refractivity contribution in [3.8, 4) is 0 Å². The number of nitrogens with two attached hydrogens (primary N) is 1. The summed E-state index contributed by atoms with van der Waals surface area (Å²) in [5, 5.41) is 2.42. The molecule has 0 unspecified atom stereocenters. The number of rotatable bonds is 0. The summed E-state index contributed by atoms with van der Waals surface area (Å²) in [5.74, 6) is 0.747. The van der Waals surface area contributed by atoms with Gasteiger partial charge >= 0.3 is 6.03 Å². The van der Waals surface area contributed by atoms with E-state index in [2.05, 4.69) is 10.3 Å². The first-order chi connectivity index (χ1) is 5.66. The smallest absolute Gasteiger partial charge is 0.331 e. The van der Waals surface area contributed by atoms with Crippen LogP contribution in [-0.4, -0.2) is 35.5 Å². The minimum absolute atomic E-state index is 0.151. The first-order valence-electron chi connectivity index (χ1n) is 3.51. The van der Waals surface area contributed by atoms with Crippen LogP contribution in [0.1, 0.15) is 0 Å². The second-order valence-corrected chi connectivity index (χ2v) is 2.74. The SMILES string of the molecule is CN1C=C2N=C(N)NC(=O)N2C1. The maximum absolute atomic E-state index is 11.2. The lowest BCUT2D eigenvalue weighted by Gasteiger charge is -2.22. The summed E-state index contributed by atoms with van der Waals surface area (Å²) in [7, 11) is 1.87. The molecular formula is C6H9N5O. The molecule has 0 aromatic rings. The predicted molar refractivity (Wildman–Crippen MR) is 42.7 cm³/mol. The van der Waals surface area contributed by atoms with Crippen molar-refractivity contribution >= 4 is 12.0 Å². The highest BCUT2D eigenvalue weighted by molar-refractivity contribution is 5.98. The zero-order valence-electron chi connectivity index (χ0n) is 6.61. The van der Waals surface area contributed by atoms with Crippen molar-refractivity contribution in [1.29, 1.82) is 0 Å². The van der Waals surface area contributed by atoms with Crippen LogP contribution in [0.2, 0.25) is 0 Å². The highest BCUT2D eigenvalue weighted by atomic mass is 16.2. The average Bonchev–Trinajstić information content (AvgIpc) is 2.29. The first kappa shape index (κ1) is 6.96. The van der Waals surface area contributed by atoms with Gasteiger partial charge in [0.15, 0.2) is 5.82 Å². The minimum atomic E-state index is -0.224. The third kappa shape index (κ3) is 0.884. The van der Waals surface area contributed by atoms with Gasteiger partial charge in [-0.15, -0.1) is 0 Å². The summed E-state index contributed by atoms with van der Waals surface area (Å²) in [6, 6.07) is -0.224. The van der Waals surface area contributed by atoms with Crippen LogP contribution < -0.4 is 11.1 Å². The third-order valence-corrected chi connectivity index (χ3v) is 1.69. The number of hydrogen-bond acceptors (Lipinski definition) is 4. The van der Waals surface area contributed by atoms with Gasteiger partial charge in [-0.3, -0.25) is 10.2 Å². The molecule has 0 aromatic carbocycles. The Bertz CT molecular complexity index is 294. The van der Waals surface area contributed by atoms with Crippen LogP contribution in [0, 0.1) is 0 Å². The largest absolute Gasteiger partial charge is 0.369 e. The molecule has 0 aromatic heterocycles. The molecule has 0 aliphatic carbocycles. The standard InChI is InChI=1S/C6H9N5O/c1-10-2-4-8-5(7)9-6(12)11(4)3-10/h2H,3H2,1H3,(H3,7,8,9,12). The Morgan fingerprint density at radius 2 is 2.50 bits per heavy atom. The molecule has 6 heteroatoms. The van der Waals surface area contributed by atoms with Crippen LogP contribution in [0.15, 0.2) is 17.0 Å². The molecule has 0 saturated carbocycles. The van der Waals surface area contributed by atoms with Crippen molar-refractivity contribution in [2.75, 3.05) is 13.7 Å². The van der Waals surface area contributed by atoms with Crippen molar-refractivity contribution in [2.45, 2.75) is 0 Å². The van der Waals surface area contributed by atoms with Gasteiger partial charge in [0.05, 0.1) is 0 Å². The predicted octanol–water partition coefficient (Wildman–Crippen LogP) is -0.972. The Morgan fingerprint density at radius 1 is 1.75 bits per heavy atom. The van der Waals surface area contributed by atoms with Crippen LogP contribution >= 0.6 is 0 Å². The van der Waals surface area contributed by atoms with Gasteiger partial charge in [0, 0.05) is 13.2 Å². The quantitative estimate of drug-likeness (QED) is 0.487. The topological polar surface area (TPSA) is 74.0 Å². The fourth-order valence-corrected chi connectivity index (χ4v) is 1.19. The van der Waals surface area contributed by atoms with E-state index in [4.69, 9.17) is 5.73 Å². The van der Waals surface area contributed by atoms with Crippen LogP contribution in [0.3, 0.4) is 0 Å².